The van der Waals surface area contributed by atoms with E-state index in [-0.39, 0.29) is 12.5 Å². The van der Waals surface area contributed by atoms with Crippen LogP contribution in [-0.4, -0.2) is 37.3 Å². The molecule has 0 spiro atoms. The first kappa shape index (κ1) is 17.1. The van der Waals surface area contributed by atoms with Gasteiger partial charge in [-0.1, -0.05) is 26.0 Å². The van der Waals surface area contributed by atoms with Crippen LogP contribution in [0.25, 0.3) is 0 Å². The van der Waals surface area contributed by atoms with Crippen molar-refractivity contribution in [3.8, 4) is 5.75 Å². The molecule has 1 rings (SSSR count). The maximum Gasteiger partial charge on any atom is 0.406 e. The number of amides is 2. The van der Waals surface area contributed by atoms with Crippen LogP contribution in [0.2, 0.25) is 0 Å². The van der Waals surface area contributed by atoms with Crippen molar-refractivity contribution in [1.29, 1.82) is 0 Å². The van der Waals surface area contributed by atoms with E-state index in [1.807, 2.05) is 0 Å². The highest BCUT2D eigenvalue weighted by atomic mass is 19.4. The first-order chi connectivity index (χ1) is 9.73. The van der Waals surface area contributed by atoms with Crippen molar-refractivity contribution in [2.75, 3.05) is 25.5 Å². The van der Waals surface area contributed by atoms with Crippen LogP contribution in [0.15, 0.2) is 24.3 Å². The Morgan fingerprint density at radius 2 is 1.95 bits per heavy atom. The minimum absolute atomic E-state index is 0.0144. The number of nitrogens with one attached hydrogen (secondary N) is 1. The van der Waals surface area contributed by atoms with Gasteiger partial charge in [-0.3, -0.25) is 0 Å². The summed E-state index contributed by atoms with van der Waals surface area (Å²) in [4.78, 5) is 12.8. The Balaban J connectivity index is 2.85. The molecule has 1 N–H and O–H groups in total. The summed E-state index contributed by atoms with van der Waals surface area (Å²) in [5, 5.41) is 2.45. The summed E-state index contributed by atoms with van der Waals surface area (Å²) in [6.07, 6.45) is -4.44. The molecule has 0 aliphatic heterocycles. The van der Waals surface area contributed by atoms with E-state index < -0.39 is 18.8 Å². The summed E-state index contributed by atoms with van der Waals surface area (Å²) in [6.45, 7) is 2.23. The standard InChI is InChI=1S/C14H19F3N2O2/c1-10(2)8-19(9-14(15,16)17)13(20)18-11-6-4-5-7-12(11)21-3/h4-7,10H,8-9H2,1-3H3,(H,18,20). The molecular formula is C14H19F3N2O2. The molecular weight excluding hydrogens is 285 g/mol. The van der Waals surface area contributed by atoms with E-state index in [0.29, 0.717) is 11.4 Å². The molecule has 2 amide bonds. The van der Waals surface area contributed by atoms with Crippen LogP contribution in [-0.2, 0) is 0 Å². The van der Waals surface area contributed by atoms with Crippen molar-refractivity contribution in [3.05, 3.63) is 24.3 Å². The Morgan fingerprint density at radius 3 is 2.48 bits per heavy atom. The van der Waals surface area contributed by atoms with Gasteiger partial charge in [0.25, 0.3) is 0 Å². The molecule has 0 aliphatic carbocycles. The molecule has 0 heterocycles. The van der Waals surface area contributed by atoms with E-state index >= 15 is 0 Å². The van der Waals surface area contributed by atoms with Crippen LogP contribution < -0.4 is 10.1 Å². The average Bonchev–Trinajstić information content (AvgIpc) is 2.36. The Kier molecular flexibility index (Phi) is 5.87. The Labute approximate surface area is 121 Å². The van der Waals surface area contributed by atoms with Crippen LogP contribution in [0.1, 0.15) is 13.8 Å². The molecule has 0 atom stereocenters. The number of hydrogen-bond donors (Lipinski definition) is 1. The third-order valence-electron chi connectivity index (χ3n) is 2.59. The maximum atomic E-state index is 12.6. The topological polar surface area (TPSA) is 41.6 Å². The number of carbonyl (C=O) groups excluding carboxylic acids is 1. The fraction of sp³-hybridized carbons (Fsp3) is 0.500. The molecule has 0 aromatic heterocycles. The molecule has 1 aromatic carbocycles. The summed E-state index contributed by atoms with van der Waals surface area (Å²) in [5.41, 5.74) is 0.334. The largest absolute Gasteiger partial charge is 0.495 e. The van der Waals surface area contributed by atoms with E-state index in [4.69, 9.17) is 4.74 Å². The number of urea groups is 1. The third-order valence-corrected chi connectivity index (χ3v) is 2.59. The molecule has 0 saturated heterocycles. The number of benzene rings is 1. The van der Waals surface area contributed by atoms with Crippen LogP contribution in [0, 0.1) is 5.92 Å². The van der Waals surface area contributed by atoms with E-state index in [0.717, 1.165) is 4.90 Å². The van der Waals surface area contributed by atoms with Crippen molar-refractivity contribution >= 4 is 11.7 Å². The van der Waals surface area contributed by atoms with Gasteiger partial charge in [-0.2, -0.15) is 13.2 Å². The van der Waals surface area contributed by atoms with Gasteiger partial charge in [0, 0.05) is 6.54 Å². The number of anilines is 1. The van der Waals surface area contributed by atoms with Gasteiger partial charge in [-0.05, 0) is 18.1 Å². The number of methoxy groups -OCH3 is 1. The summed E-state index contributed by atoms with van der Waals surface area (Å²) < 4.78 is 42.7. The molecule has 118 valence electrons. The molecule has 21 heavy (non-hydrogen) atoms. The molecule has 0 saturated carbocycles. The monoisotopic (exact) mass is 304 g/mol. The zero-order valence-electron chi connectivity index (χ0n) is 12.2. The third kappa shape index (κ3) is 5.93. The van der Waals surface area contributed by atoms with Gasteiger partial charge in [0.15, 0.2) is 0 Å². The lowest BCUT2D eigenvalue weighted by Gasteiger charge is -2.26. The number of para-hydroxylation sites is 2. The smallest absolute Gasteiger partial charge is 0.406 e. The maximum absolute atomic E-state index is 12.6. The molecule has 0 bridgehead atoms. The second kappa shape index (κ2) is 7.19. The first-order valence-corrected chi connectivity index (χ1v) is 6.48. The fourth-order valence-corrected chi connectivity index (χ4v) is 1.82. The Hall–Kier alpha value is -1.92. The van der Waals surface area contributed by atoms with Gasteiger partial charge >= 0.3 is 12.2 Å². The van der Waals surface area contributed by atoms with Gasteiger partial charge in [0.05, 0.1) is 12.8 Å². The average molecular weight is 304 g/mol. The summed E-state index contributed by atoms with van der Waals surface area (Å²) in [6, 6.07) is 5.75. The highest BCUT2D eigenvalue weighted by molar-refractivity contribution is 5.91. The second-order valence-electron chi connectivity index (χ2n) is 5.02. The number of ether oxygens (including phenoxy) is 1. The van der Waals surface area contributed by atoms with Crippen molar-refractivity contribution in [2.45, 2.75) is 20.0 Å². The number of hydrogen-bond acceptors (Lipinski definition) is 2. The first-order valence-electron chi connectivity index (χ1n) is 6.48. The molecule has 7 heteroatoms. The van der Waals surface area contributed by atoms with E-state index in [2.05, 4.69) is 5.32 Å². The highest BCUT2D eigenvalue weighted by Crippen LogP contribution is 2.24. The van der Waals surface area contributed by atoms with Crippen LogP contribution in [0.4, 0.5) is 23.7 Å². The predicted molar refractivity (Wildman–Crippen MR) is 74.5 cm³/mol. The number of rotatable bonds is 5. The van der Waals surface area contributed by atoms with E-state index in [9.17, 15) is 18.0 Å². The quantitative estimate of drug-likeness (QED) is 0.900. The molecule has 0 radical (unpaired) electrons. The van der Waals surface area contributed by atoms with Crippen molar-refractivity contribution < 1.29 is 22.7 Å². The molecule has 0 aliphatic rings. The summed E-state index contributed by atoms with van der Waals surface area (Å²) in [7, 11) is 1.42. The molecule has 0 unspecified atom stereocenters. The van der Waals surface area contributed by atoms with Crippen LogP contribution in [0.5, 0.6) is 5.75 Å². The van der Waals surface area contributed by atoms with Crippen LogP contribution >= 0.6 is 0 Å². The zero-order valence-corrected chi connectivity index (χ0v) is 12.2. The van der Waals surface area contributed by atoms with Gasteiger partial charge in [0.2, 0.25) is 0 Å². The molecule has 0 fully saturated rings. The fourth-order valence-electron chi connectivity index (χ4n) is 1.82. The number of nitrogens with zero attached hydrogens (tertiary/aromatic N) is 1. The van der Waals surface area contributed by atoms with Gasteiger partial charge < -0.3 is 15.0 Å². The van der Waals surface area contributed by atoms with Gasteiger partial charge in [-0.25, -0.2) is 4.79 Å². The van der Waals surface area contributed by atoms with Crippen LogP contribution in [0.3, 0.4) is 0 Å². The van der Waals surface area contributed by atoms with E-state index in [1.54, 1.807) is 38.1 Å². The van der Waals surface area contributed by atoms with Crippen molar-refractivity contribution in [2.24, 2.45) is 5.92 Å². The number of halogens is 3. The second-order valence-corrected chi connectivity index (χ2v) is 5.02. The highest BCUT2D eigenvalue weighted by Gasteiger charge is 2.33. The van der Waals surface area contributed by atoms with Crippen molar-refractivity contribution in [3.63, 3.8) is 0 Å². The zero-order chi connectivity index (χ0) is 16.0. The minimum atomic E-state index is -4.44. The van der Waals surface area contributed by atoms with E-state index in [1.165, 1.54) is 7.11 Å². The molecule has 1 aromatic rings. The lowest BCUT2D eigenvalue weighted by molar-refractivity contribution is -0.140. The van der Waals surface area contributed by atoms with Gasteiger partial charge in [-0.15, -0.1) is 0 Å². The Bertz CT molecular complexity index is 476. The summed E-state index contributed by atoms with van der Waals surface area (Å²) >= 11 is 0. The lowest BCUT2D eigenvalue weighted by atomic mass is 10.2. The number of carbonyl (C=O) groups is 1. The predicted octanol–water partition coefficient (Wildman–Crippen LogP) is 3.75. The molecule has 4 nitrogen and oxygen atoms in total. The van der Waals surface area contributed by atoms with Crippen molar-refractivity contribution in [1.82, 2.24) is 4.90 Å². The normalized spacial score (nSPS) is 11.4. The number of alkyl halides is 3. The Morgan fingerprint density at radius 1 is 1.33 bits per heavy atom. The lowest BCUT2D eigenvalue weighted by Crippen LogP contribution is -2.43. The summed E-state index contributed by atoms with van der Waals surface area (Å²) in [5.74, 6) is 0.318. The van der Waals surface area contributed by atoms with Gasteiger partial charge in [0.1, 0.15) is 12.3 Å². The minimum Gasteiger partial charge on any atom is -0.495 e. The SMILES string of the molecule is COc1ccccc1NC(=O)N(CC(C)C)CC(F)(F)F.